The number of rotatable bonds is 6. The third-order valence-electron chi connectivity index (χ3n) is 2.21. The van der Waals surface area contributed by atoms with Gasteiger partial charge < -0.3 is 5.11 Å². The lowest BCUT2D eigenvalue weighted by molar-refractivity contribution is 0.173. The van der Waals surface area contributed by atoms with Crippen LogP contribution in [0.2, 0.25) is 0 Å². The van der Waals surface area contributed by atoms with Crippen LogP contribution in [-0.2, 0) is 10.0 Å². The quantitative estimate of drug-likeness (QED) is 0.817. The van der Waals surface area contributed by atoms with E-state index in [1.54, 1.807) is 13.8 Å². The van der Waals surface area contributed by atoms with Crippen LogP contribution in [0.3, 0.4) is 0 Å². The molecule has 0 saturated carbocycles. The first kappa shape index (κ1) is 13.6. The zero-order chi connectivity index (χ0) is 12.2. The topological polar surface area (TPSA) is 66.4 Å². The van der Waals surface area contributed by atoms with E-state index in [9.17, 15) is 13.5 Å². The molecule has 16 heavy (non-hydrogen) atoms. The molecule has 92 valence electrons. The molecule has 0 aliphatic rings. The maximum atomic E-state index is 11.4. The number of aliphatic hydroxyl groups excluding tert-OH is 1. The maximum absolute atomic E-state index is 11.4. The van der Waals surface area contributed by atoms with E-state index in [0.29, 0.717) is 6.42 Å². The van der Waals surface area contributed by atoms with Gasteiger partial charge >= 0.3 is 0 Å². The van der Waals surface area contributed by atoms with Crippen molar-refractivity contribution >= 4 is 21.4 Å². The van der Waals surface area contributed by atoms with Crippen LogP contribution >= 0.6 is 11.3 Å². The molecule has 0 spiro atoms. The van der Waals surface area contributed by atoms with Gasteiger partial charge in [0.1, 0.15) is 0 Å². The van der Waals surface area contributed by atoms with E-state index < -0.39 is 21.4 Å². The highest BCUT2D eigenvalue weighted by molar-refractivity contribution is 7.90. The highest BCUT2D eigenvalue weighted by atomic mass is 32.2. The Bertz CT molecular complexity index is 398. The zero-order valence-electron chi connectivity index (χ0n) is 9.38. The van der Waals surface area contributed by atoms with Gasteiger partial charge in [-0.1, -0.05) is 6.07 Å². The van der Waals surface area contributed by atoms with Crippen molar-refractivity contribution in [2.24, 2.45) is 0 Å². The normalized spacial score (nSPS) is 14.2. The Labute approximate surface area is 100 Å². The van der Waals surface area contributed by atoms with Crippen molar-refractivity contribution in [2.75, 3.05) is 6.54 Å². The first-order valence-electron chi connectivity index (χ1n) is 5.13. The molecule has 1 aromatic heterocycles. The van der Waals surface area contributed by atoms with Gasteiger partial charge in [-0.05, 0) is 31.7 Å². The minimum absolute atomic E-state index is 0.263. The summed E-state index contributed by atoms with van der Waals surface area (Å²) < 4.78 is 25.3. The molecule has 6 heteroatoms. The summed E-state index contributed by atoms with van der Waals surface area (Å²) >= 11 is 1.47. The van der Waals surface area contributed by atoms with Gasteiger partial charge in [-0.2, -0.15) is 0 Å². The molecule has 0 aliphatic heterocycles. The fraction of sp³-hybridized carbons (Fsp3) is 0.600. The van der Waals surface area contributed by atoms with Crippen LogP contribution in [0.1, 0.15) is 31.2 Å². The second-order valence-corrected chi connectivity index (χ2v) is 7.11. The van der Waals surface area contributed by atoms with E-state index in [2.05, 4.69) is 4.72 Å². The lowest BCUT2D eigenvalue weighted by atomic mass is 10.2. The van der Waals surface area contributed by atoms with Gasteiger partial charge in [0.05, 0.1) is 11.4 Å². The Morgan fingerprint density at radius 1 is 1.50 bits per heavy atom. The summed E-state index contributed by atoms with van der Waals surface area (Å²) in [4.78, 5) is 0.865. The van der Waals surface area contributed by atoms with Crippen LogP contribution in [-0.4, -0.2) is 25.3 Å². The van der Waals surface area contributed by atoms with Crippen LogP contribution in [0, 0.1) is 0 Å². The van der Waals surface area contributed by atoms with Gasteiger partial charge in [0.2, 0.25) is 10.0 Å². The largest absolute Gasteiger partial charge is 0.388 e. The van der Waals surface area contributed by atoms with Crippen molar-refractivity contribution in [3.8, 4) is 0 Å². The van der Waals surface area contributed by atoms with Crippen molar-refractivity contribution in [3.63, 3.8) is 0 Å². The van der Waals surface area contributed by atoms with Crippen LogP contribution in [0.15, 0.2) is 17.5 Å². The highest BCUT2D eigenvalue weighted by Crippen LogP contribution is 2.21. The summed E-state index contributed by atoms with van der Waals surface area (Å²) in [5.74, 6) is 0. The van der Waals surface area contributed by atoms with E-state index in [4.69, 9.17) is 0 Å². The van der Waals surface area contributed by atoms with E-state index in [0.717, 1.165) is 4.88 Å². The van der Waals surface area contributed by atoms with E-state index >= 15 is 0 Å². The van der Waals surface area contributed by atoms with E-state index in [1.807, 2.05) is 17.5 Å². The Hall–Kier alpha value is -0.430. The third kappa shape index (κ3) is 3.86. The molecule has 0 fully saturated rings. The number of thiophene rings is 1. The Kier molecular flexibility index (Phi) is 4.91. The lowest BCUT2D eigenvalue weighted by Gasteiger charge is -2.11. The molecule has 0 saturated heterocycles. The van der Waals surface area contributed by atoms with Crippen LogP contribution in [0.5, 0.6) is 0 Å². The average molecular weight is 263 g/mol. The molecular formula is C10H17NO3S2. The molecule has 1 rings (SSSR count). The molecule has 2 N–H and O–H groups in total. The Morgan fingerprint density at radius 2 is 2.19 bits per heavy atom. The van der Waals surface area contributed by atoms with Gasteiger partial charge in [-0.15, -0.1) is 11.3 Å². The van der Waals surface area contributed by atoms with Gasteiger partial charge in [-0.3, -0.25) is 0 Å². The van der Waals surface area contributed by atoms with Crippen molar-refractivity contribution < 1.29 is 13.5 Å². The number of nitrogens with one attached hydrogen (secondary N) is 1. The lowest BCUT2D eigenvalue weighted by Crippen LogP contribution is -2.32. The molecule has 4 nitrogen and oxygen atoms in total. The summed E-state index contributed by atoms with van der Waals surface area (Å²) in [6.07, 6.45) is -0.193. The second-order valence-electron chi connectivity index (χ2n) is 3.81. The average Bonchev–Trinajstić information content (AvgIpc) is 2.69. The van der Waals surface area contributed by atoms with E-state index in [-0.39, 0.29) is 6.54 Å². The van der Waals surface area contributed by atoms with Gasteiger partial charge in [0.15, 0.2) is 0 Å². The molecule has 0 amide bonds. The fourth-order valence-corrected chi connectivity index (χ4v) is 2.61. The number of sulfonamides is 1. The number of aliphatic hydroxyl groups is 1. The van der Waals surface area contributed by atoms with Gasteiger partial charge in [-0.25, -0.2) is 13.1 Å². The second kappa shape index (κ2) is 5.77. The minimum atomic E-state index is -3.22. The van der Waals surface area contributed by atoms with Crippen LogP contribution in [0.4, 0.5) is 0 Å². The number of hydrogen-bond donors (Lipinski definition) is 2. The van der Waals surface area contributed by atoms with Crippen molar-refractivity contribution in [2.45, 2.75) is 31.6 Å². The molecular weight excluding hydrogens is 246 g/mol. The summed E-state index contributed by atoms with van der Waals surface area (Å²) in [6.45, 7) is 3.51. The molecule has 1 atom stereocenters. The predicted octanol–water partition coefficient (Wildman–Crippen LogP) is 1.50. The molecule has 0 aromatic carbocycles. The monoisotopic (exact) mass is 263 g/mol. The molecule has 1 aromatic rings. The maximum Gasteiger partial charge on any atom is 0.213 e. The van der Waals surface area contributed by atoms with Crippen molar-refractivity contribution in [3.05, 3.63) is 22.4 Å². The molecule has 1 unspecified atom stereocenters. The predicted molar refractivity (Wildman–Crippen MR) is 66.0 cm³/mol. The summed E-state index contributed by atoms with van der Waals surface area (Å²) in [5.41, 5.74) is 0. The van der Waals surface area contributed by atoms with Crippen LogP contribution in [0.25, 0.3) is 0 Å². The van der Waals surface area contributed by atoms with E-state index in [1.165, 1.54) is 11.3 Å². The zero-order valence-corrected chi connectivity index (χ0v) is 11.0. The highest BCUT2D eigenvalue weighted by Gasteiger charge is 2.16. The molecule has 1 heterocycles. The standard InChI is InChI=1S/C10H17NO3S2/c1-8(2)16(13,14)11-6-5-9(12)10-4-3-7-15-10/h3-4,7-9,11-12H,5-6H2,1-2H3. The Morgan fingerprint density at radius 3 is 2.69 bits per heavy atom. The summed E-state index contributed by atoms with van der Waals surface area (Å²) in [6, 6.07) is 3.70. The summed E-state index contributed by atoms with van der Waals surface area (Å²) in [7, 11) is -3.22. The van der Waals surface area contributed by atoms with Crippen LogP contribution < -0.4 is 4.72 Å². The van der Waals surface area contributed by atoms with Crippen molar-refractivity contribution in [1.82, 2.24) is 4.72 Å². The molecule has 0 bridgehead atoms. The third-order valence-corrected chi connectivity index (χ3v) is 5.03. The fourth-order valence-electron chi connectivity index (χ4n) is 1.13. The summed E-state index contributed by atoms with van der Waals surface area (Å²) in [5, 5.41) is 11.2. The Balaban J connectivity index is 2.37. The first-order valence-corrected chi connectivity index (χ1v) is 7.56. The number of hydrogen-bond acceptors (Lipinski definition) is 4. The minimum Gasteiger partial charge on any atom is -0.388 e. The van der Waals surface area contributed by atoms with Crippen molar-refractivity contribution in [1.29, 1.82) is 0 Å². The van der Waals surface area contributed by atoms with Gasteiger partial charge in [0.25, 0.3) is 0 Å². The SMILES string of the molecule is CC(C)S(=O)(=O)NCCC(O)c1cccs1. The molecule has 0 aliphatic carbocycles. The smallest absolute Gasteiger partial charge is 0.213 e. The van der Waals surface area contributed by atoms with Gasteiger partial charge in [0, 0.05) is 11.4 Å². The first-order chi connectivity index (χ1) is 7.43. The molecule has 0 radical (unpaired) electrons.